The van der Waals surface area contributed by atoms with Crippen LogP contribution in [0.4, 0.5) is 15.5 Å². The SMILES string of the molecule is COC(=O)c1cnc(N(C(=O)OC(C)(C)C)C(=O)OC(C)(C)C)[nH]1. The monoisotopic (exact) mass is 341 g/mol. The molecule has 24 heavy (non-hydrogen) atoms. The number of imide groups is 1. The number of nitrogens with one attached hydrogen (secondary N) is 1. The standard InChI is InChI=1S/C15H23N3O6/c1-14(2,3)23-12(20)18(13(21)24-15(4,5)6)11-16-8-9(17-11)10(19)22-7/h8H,1-7H3,(H,16,17). The van der Waals surface area contributed by atoms with E-state index in [0.717, 1.165) is 6.20 Å². The summed E-state index contributed by atoms with van der Waals surface area (Å²) in [6.45, 7) is 9.92. The summed E-state index contributed by atoms with van der Waals surface area (Å²) < 4.78 is 14.9. The number of rotatable bonds is 2. The minimum Gasteiger partial charge on any atom is -0.464 e. The molecule has 0 radical (unpaired) electrons. The van der Waals surface area contributed by atoms with Crippen molar-refractivity contribution >= 4 is 24.1 Å². The Balaban J connectivity index is 3.18. The second kappa shape index (κ2) is 6.90. The fourth-order valence-corrected chi connectivity index (χ4v) is 1.50. The number of hydrogen-bond donors (Lipinski definition) is 1. The van der Waals surface area contributed by atoms with E-state index in [9.17, 15) is 14.4 Å². The van der Waals surface area contributed by atoms with Gasteiger partial charge in [-0.25, -0.2) is 19.4 Å². The van der Waals surface area contributed by atoms with Crippen molar-refractivity contribution in [3.8, 4) is 0 Å². The molecule has 0 aliphatic heterocycles. The van der Waals surface area contributed by atoms with Crippen LogP contribution in [0.25, 0.3) is 0 Å². The maximum Gasteiger partial charge on any atom is 0.427 e. The number of esters is 1. The van der Waals surface area contributed by atoms with E-state index in [-0.39, 0.29) is 11.6 Å². The first kappa shape index (κ1) is 19.5. The lowest BCUT2D eigenvalue weighted by atomic mass is 10.2. The molecule has 1 aromatic rings. The van der Waals surface area contributed by atoms with Gasteiger partial charge in [0.2, 0.25) is 5.95 Å². The van der Waals surface area contributed by atoms with E-state index in [0.29, 0.717) is 4.90 Å². The highest BCUT2D eigenvalue weighted by atomic mass is 16.6. The average molecular weight is 341 g/mol. The van der Waals surface area contributed by atoms with Crippen LogP contribution >= 0.6 is 0 Å². The summed E-state index contributed by atoms with van der Waals surface area (Å²) in [7, 11) is 1.20. The Morgan fingerprint density at radius 3 is 1.83 bits per heavy atom. The lowest BCUT2D eigenvalue weighted by Crippen LogP contribution is -2.44. The quantitative estimate of drug-likeness (QED) is 0.650. The first-order chi connectivity index (χ1) is 10.8. The van der Waals surface area contributed by atoms with Gasteiger partial charge in [-0.05, 0) is 41.5 Å². The van der Waals surface area contributed by atoms with Gasteiger partial charge in [-0.3, -0.25) is 0 Å². The zero-order valence-electron chi connectivity index (χ0n) is 14.9. The normalized spacial score (nSPS) is 11.6. The van der Waals surface area contributed by atoms with Gasteiger partial charge in [-0.15, -0.1) is 4.90 Å². The van der Waals surface area contributed by atoms with Crippen molar-refractivity contribution < 1.29 is 28.6 Å². The molecule has 0 unspecified atom stereocenters. The summed E-state index contributed by atoms with van der Waals surface area (Å²) >= 11 is 0. The van der Waals surface area contributed by atoms with E-state index in [1.54, 1.807) is 41.5 Å². The molecule has 0 saturated heterocycles. The largest absolute Gasteiger partial charge is 0.464 e. The van der Waals surface area contributed by atoms with Crippen LogP contribution in [0, 0.1) is 0 Å². The van der Waals surface area contributed by atoms with E-state index in [1.807, 2.05) is 0 Å². The summed E-state index contributed by atoms with van der Waals surface area (Å²) in [4.78, 5) is 43.2. The number of aromatic nitrogens is 2. The molecule has 1 rings (SSSR count). The number of hydrogen-bond acceptors (Lipinski definition) is 7. The molecule has 0 fully saturated rings. The summed E-state index contributed by atoms with van der Waals surface area (Å²) in [5.74, 6) is -0.902. The minimum absolute atomic E-state index is 0.0235. The molecule has 9 nitrogen and oxygen atoms in total. The summed E-state index contributed by atoms with van der Waals surface area (Å²) in [6, 6.07) is 0. The second-order valence-electron chi connectivity index (χ2n) is 6.91. The van der Waals surface area contributed by atoms with Gasteiger partial charge < -0.3 is 19.2 Å². The predicted molar refractivity (Wildman–Crippen MR) is 84.9 cm³/mol. The molecule has 9 heteroatoms. The van der Waals surface area contributed by atoms with Crippen molar-refractivity contribution in [2.24, 2.45) is 0 Å². The third-order valence-electron chi connectivity index (χ3n) is 2.33. The highest BCUT2D eigenvalue weighted by Crippen LogP contribution is 2.19. The van der Waals surface area contributed by atoms with Gasteiger partial charge in [0.15, 0.2) is 0 Å². The van der Waals surface area contributed by atoms with Crippen LogP contribution in [-0.2, 0) is 14.2 Å². The number of aromatic amines is 1. The number of ether oxygens (including phenoxy) is 3. The molecule has 0 aliphatic carbocycles. The summed E-state index contributed by atoms with van der Waals surface area (Å²) in [5.41, 5.74) is -1.70. The van der Waals surface area contributed by atoms with E-state index >= 15 is 0 Å². The summed E-state index contributed by atoms with van der Waals surface area (Å²) in [5, 5.41) is 0. The number of methoxy groups -OCH3 is 1. The molecular weight excluding hydrogens is 318 g/mol. The van der Waals surface area contributed by atoms with E-state index in [1.165, 1.54) is 7.11 Å². The third-order valence-corrected chi connectivity index (χ3v) is 2.33. The molecule has 2 amide bonds. The number of anilines is 1. The average Bonchev–Trinajstić information content (AvgIpc) is 2.82. The van der Waals surface area contributed by atoms with Crippen LogP contribution in [0.15, 0.2) is 6.20 Å². The molecular formula is C15H23N3O6. The second-order valence-corrected chi connectivity index (χ2v) is 6.91. The van der Waals surface area contributed by atoms with Crippen LogP contribution in [-0.4, -0.2) is 46.4 Å². The van der Waals surface area contributed by atoms with Crippen molar-refractivity contribution in [1.29, 1.82) is 0 Å². The lowest BCUT2D eigenvalue weighted by molar-refractivity contribution is 0.0425. The fraction of sp³-hybridized carbons (Fsp3) is 0.600. The van der Waals surface area contributed by atoms with Crippen LogP contribution < -0.4 is 4.90 Å². The molecule has 0 spiro atoms. The molecule has 0 saturated carbocycles. The molecule has 0 atom stereocenters. The Labute approximate surface area is 140 Å². The Morgan fingerprint density at radius 1 is 1.00 bits per heavy atom. The molecule has 0 bridgehead atoms. The van der Waals surface area contributed by atoms with E-state index in [4.69, 9.17) is 9.47 Å². The number of amides is 2. The topological polar surface area (TPSA) is 111 Å². The van der Waals surface area contributed by atoms with Crippen LogP contribution in [0.5, 0.6) is 0 Å². The number of carbonyl (C=O) groups excluding carboxylic acids is 3. The number of nitrogens with zero attached hydrogens (tertiary/aromatic N) is 2. The maximum atomic E-state index is 12.4. The van der Waals surface area contributed by atoms with Gasteiger partial charge in [0, 0.05) is 0 Å². The molecule has 1 heterocycles. The van der Waals surface area contributed by atoms with Crippen molar-refractivity contribution in [3.05, 3.63) is 11.9 Å². The van der Waals surface area contributed by atoms with E-state index < -0.39 is 29.4 Å². The fourth-order valence-electron chi connectivity index (χ4n) is 1.50. The number of imidazole rings is 1. The van der Waals surface area contributed by atoms with Gasteiger partial charge in [-0.1, -0.05) is 0 Å². The molecule has 0 aliphatic rings. The van der Waals surface area contributed by atoms with Crippen molar-refractivity contribution in [1.82, 2.24) is 9.97 Å². The number of H-pyrrole nitrogens is 1. The van der Waals surface area contributed by atoms with Gasteiger partial charge in [0.05, 0.1) is 13.3 Å². The number of carbonyl (C=O) groups is 3. The smallest absolute Gasteiger partial charge is 0.427 e. The zero-order valence-corrected chi connectivity index (χ0v) is 14.9. The molecule has 1 aromatic heterocycles. The minimum atomic E-state index is -0.984. The summed E-state index contributed by atoms with van der Waals surface area (Å²) in [6.07, 6.45) is -0.826. The van der Waals surface area contributed by atoms with E-state index in [2.05, 4.69) is 14.7 Å². The van der Waals surface area contributed by atoms with Crippen LogP contribution in [0.2, 0.25) is 0 Å². The van der Waals surface area contributed by atoms with Gasteiger partial charge in [0.1, 0.15) is 16.9 Å². The highest BCUT2D eigenvalue weighted by molar-refractivity contribution is 6.08. The van der Waals surface area contributed by atoms with Crippen molar-refractivity contribution in [3.63, 3.8) is 0 Å². The van der Waals surface area contributed by atoms with Crippen molar-refractivity contribution in [2.75, 3.05) is 12.0 Å². The van der Waals surface area contributed by atoms with Gasteiger partial charge >= 0.3 is 18.2 Å². The molecule has 0 aromatic carbocycles. The first-order valence-electron chi connectivity index (χ1n) is 7.23. The Hall–Kier alpha value is -2.58. The van der Waals surface area contributed by atoms with Crippen molar-refractivity contribution in [2.45, 2.75) is 52.7 Å². The van der Waals surface area contributed by atoms with Gasteiger partial charge in [0.25, 0.3) is 0 Å². The van der Waals surface area contributed by atoms with Crippen LogP contribution in [0.1, 0.15) is 52.0 Å². The maximum absolute atomic E-state index is 12.4. The molecule has 134 valence electrons. The Bertz CT molecular complexity index is 596. The zero-order chi connectivity index (χ0) is 18.7. The Morgan fingerprint density at radius 2 is 1.46 bits per heavy atom. The Kier molecular flexibility index (Phi) is 5.59. The first-order valence-corrected chi connectivity index (χ1v) is 7.23. The third kappa shape index (κ3) is 5.56. The van der Waals surface area contributed by atoms with Gasteiger partial charge in [-0.2, -0.15) is 0 Å². The van der Waals surface area contributed by atoms with Crippen LogP contribution in [0.3, 0.4) is 0 Å². The lowest BCUT2D eigenvalue weighted by Gasteiger charge is -2.27. The molecule has 1 N–H and O–H groups in total. The predicted octanol–water partition coefficient (Wildman–Crippen LogP) is 2.87. The highest BCUT2D eigenvalue weighted by Gasteiger charge is 2.34.